The molecule has 0 aromatic heterocycles. The zero-order chi connectivity index (χ0) is 13.7. The van der Waals surface area contributed by atoms with Crippen LogP contribution in [0.2, 0.25) is 0 Å². The van der Waals surface area contributed by atoms with Crippen molar-refractivity contribution in [3.8, 4) is 5.75 Å². The SMILES string of the molecule is Cc1ccc2c(c1)CC(CN(C)CCCCCBr)O2. The third kappa shape index (κ3) is 4.50. The van der Waals surface area contributed by atoms with Crippen LogP contribution in [0.25, 0.3) is 0 Å². The zero-order valence-corrected chi connectivity index (χ0v) is 13.6. The molecule has 1 aliphatic heterocycles. The van der Waals surface area contributed by atoms with Crippen molar-refractivity contribution in [2.24, 2.45) is 0 Å². The Labute approximate surface area is 125 Å². The number of alkyl halides is 1. The fourth-order valence-corrected chi connectivity index (χ4v) is 3.04. The first-order chi connectivity index (χ1) is 9.19. The van der Waals surface area contributed by atoms with Gasteiger partial charge in [0.05, 0.1) is 0 Å². The molecule has 2 nitrogen and oxygen atoms in total. The van der Waals surface area contributed by atoms with Crippen LogP contribution in [-0.4, -0.2) is 36.5 Å². The summed E-state index contributed by atoms with van der Waals surface area (Å²) in [5.41, 5.74) is 2.70. The van der Waals surface area contributed by atoms with Crippen LogP contribution in [0, 0.1) is 6.92 Å². The minimum Gasteiger partial charge on any atom is -0.488 e. The van der Waals surface area contributed by atoms with E-state index in [1.807, 2.05) is 0 Å². The van der Waals surface area contributed by atoms with Gasteiger partial charge in [-0.3, -0.25) is 0 Å². The number of ether oxygens (including phenoxy) is 1. The van der Waals surface area contributed by atoms with E-state index in [0.29, 0.717) is 6.10 Å². The van der Waals surface area contributed by atoms with Crippen molar-refractivity contribution in [2.75, 3.05) is 25.5 Å². The second-order valence-electron chi connectivity index (χ2n) is 5.57. The minimum atomic E-state index is 0.331. The van der Waals surface area contributed by atoms with Gasteiger partial charge in [0.25, 0.3) is 0 Å². The molecule has 0 amide bonds. The normalized spacial score (nSPS) is 17.6. The molecule has 1 aliphatic rings. The summed E-state index contributed by atoms with van der Waals surface area (Å²) in [4.78, 5) is 2.40. The molecule has 0 N–H and O–H groups in total. The van der Waals surface area contributed by atoms with Crippen molar-refractivity contribution in [3.05, 3.63) is 29.3 Å². The fourth-order valence-electron chi connectivity index (χ4n) is 2.64. The molecule has 0 fully saturated rings. The molecule has 3 heteroatoms. The fraction of sp³-hybridized carbons (Fsp3) is 0.625. The number of hydrogen-bond acceptors (Lipinski definition) is 2. The lowest BCUT2D eigenvalue weighted by Gasteiger charge is -2.20. The monoisotopic (exact) mass is 325 g/mol. The Kier molecular flexibility index (Phi) is 5.71. The highest BCUT2D eigenvalue weighted by molar-refractivity contribution is 9.09. The van der Waals surface area contributed by atoms with Gasteiger partial charge in [-0.2, -0.15) is 0 Å². The summed E-state index contributed by atoms with van der Waals surface area (Å²) in [6.07, 6.45) is 5.25. The molecule has 0 saturated carbocycles. The number of hydrogen-bond donors (Lipinski definition) is 0. The quantitative estimate of drug-likeness (QED) is 0.558. The van der Waals surface area contributed by atoms with Crippen molar-refractivity contribution in [1.29, 1.82) is 0 Å². The first kappa shape index (κ1) is 14.9. The maximum Gasteiger partial charge on any atom is 0.123 e. The lowest BCUT2D eigenvalue weighted by atomic mass is 10.1. The molecule has 0 bridgehead atoms. The Morgan fingerprint density at radius 3 is 2.95 bits per heavy atom. The average Bonchev–Trinajstić information content (AvgIpc) is 2.76. The predicted octanol–water partition coefficient (Wildman–Crippen LogP) is 3.80. The molecule has 1 unspecified atom stereocenters. The Hall–Kier alpha value is -0.540. The molecule has 1 atom stereocenters. The number of aryl methyl sites for hydroxylation is 1. The Balaban J connectivity index is 1.74. The first-order valence-corrected chi connectivity index (χ1v) is 8.32. The van der Waals surface area contributed by atoms with Crippen molar-refractivity contribution in [2.45, 2.75) is 38.7 Å². The molecule has 0 aliphatic carbocycles. The minimum absolute atomic E-state index is 0.331. The highest BCUT2D eigenvalue weighted by Gasteiger charge is 2.23. The summed E-state index contributed by atoms with van der Waals surface area (Å²) in [5, 5.41) is 1.12. The second kappa shape index (κ2) is 7.30. The standard InChI is InChI=1S/C16H24BrNO/c1-13-6-7-16-14(10-13)11-15(19-16)12-18(2)9-5-3-4-8-17/h6-7,10,15H,3-5,8-9,11-12H2,1-2H3. The highest BCUT2D eigenvalue weighted by Crippen LogP contribution is 2.29. The lowest BCUT2D eigenvalue weighted by Crippen LogP contribution is -2.32. The van der Waals surface area contributed by atoms with Crippen LogP contribution in [0.15, 0.2) is 18.2 Å². The largest absolute Gasteiger partial charge is 0.488 e. The molecule has 2 rings (SSSR count). The summed E-state index contributed by atoms with van der Waals surface area (Å²) < 4.78 is 6.01. The highest BCUT2D eigenvalue weighted by atomic mass is 79.9. The van der Waals surface area contributed by atoms with Gasteiger partial charge in [0, 0.05) is 18.3 Å². The van der Waals surface area contributed by atoms with Gasteiger partial charge < -0.3 is 9.64 Å². The van der Waals surface area contributed by atoms with Gasteiger partial charge >= 0.3 is 0 Å². The Morgan fingerprint density at radius 1 is 1.32 bits per heavy atom. The molecule has 0 saturated heterocycles. The molecule has 1 aromatic carbocycles. The number of rotatable bonds is 7. The molecule has 1 aromatic rings. The molecule has 0 radical (unpaired) electrons. The molecule has 106 valence electrons. The van der Waals surface area contributed by atoms with Gasteiger partial charge in [-0.25, -0.2) is 0 Å². The van der Waals surface area contributed by atoms with E-state index in [0.717, 1.165) is 24.0 Å². The lowest BCUT2D eigenvalue weighted by molar-refractivity contribution is 0.167. The maximum absolute atomic E-state index is 6.01. The van der Waals surface area contributed by atoms with Gasteiger partial charge in [0.1, 0.15) is 11.9 Å². The third-order valence-electron chi connectivity index (χ3n) is 3.65. The van der Waals surface area contributed by atoms with Gasteiger partial charge in [-0.15, -0.1) is 0 Å². The zero-order valence-electron chi connectivity index (χ0n) is 12.0. The van der Waals surface area contributed by atoms with E-state index in [1.54, 1.807) is 0 Å². The predicted molar refractivity (Wildman–Crippen MR) is 84.4 cm³/mol. The van der Waals surface area contributed by atoms with Crippen molar-refractivity contribution in [3.63, 3.8) is 0 Å². The molecular weight excluding hydrogens is 302 g/mol. The number of likely N-dealkylation sites (N-methyl/N-ethyl adjacent to an activating group) is 1. The summed E-state index contributed by atoms with van der Waals surface area (Å²) in [6.45, 7) is 4.34. The number of fused-ring (bicyclic) bond motifs is 1. The van der Waals surface area contributed by atoms with Crippen LogP contribution in [-0.2, 0) is 6.42 Å². The Bertz CT molecular complexity index is 408. The number of halogens is 1. The van der Waals surface area contributed by atoms with Crippen LogP contribution in [0.4, 0.5) is 0 Å². The van der Waals surface area contributed by atoms with Crippen LogP contribution < -0.4 is 4.74 Å². The second-order valence-corrected chi connectivity index (χ2v) is 6.36. The van der Waals surface area contributed by atoms with E-state index >= 15 is 0 Å². The van der Waals surface area contributed by atoms with E-state index in [4.69, 9.17) is 4.74 Å². The summed E-state index contributed by atoms with van der Waals surface area (Å²) in [7, 11) is 2.20. The van der Waals surface area contributed by atoms with Crippen LogP contribution in [0.1, 0.15) is 30.4 Å². The maximum atomic E-state index is 6.01. The van der Waals surface area contributed by atoms with E-state index < -0.39 is 0 Å². The van der Waals surface area contributed by atoms with Crippen LogP contribution in [0.5, 0.6) is 5.75 Å². The van der Waals surface area contributed by atoms with E-state index in [-0.39, 0.29) is 0 Å². The van der Waals surface area contributed by atoms with E-state index in [9.17, 15) is 0 Å². The smallest absolute Gasteiger partial charge is 0.123 e. The van der Waals surface area contributed by atoms with Crippen molar-refractivity contribution >= 4 is 15.9 Å². The first-order valence-electron chi connectivity index (χ1n) is 7.19. The number of nitrogens with zero attached hydrogens (tertiary/aromatic N) is 1. The summed E-state index contributed by atoms with van der Waals surface area (Å²) in [5.74, 6) is 1.09. The van der Waals surface area contributed by atoms with Gasteiger partial charge in [0.2, 0.25) is 0 Å². The van der Waals surface area contributed by atoms with E-state index in [2.05, 4.69) is 53.0 Å². The molecule has 0 spiro atoms. The molecule has 1 heterocycles. The summed E-state index contributed by atoms with van der Waals surface area (Å²) in [6, 6.07) is 6.50. The molecule has 19 heavy (non-hydrogen) atoms. The van der Waals surface area contributed by atoms with Crippen LogP contribution >= 0.6 is 15.9 Å². The number of benzene rings is 1. The van der Waals surface area contributed by atoms with Gasteiger partial charge in [0.15, 0.2) is 0 Å². The van der Waals surface area contributed by atoms with Crippen LogP contribution in [0.3, 0.4) is 0 Å². The number of unbranched alkanes of at least 4 members (excludes halogenated alkanes) is 2. The topological polar surface area (TPSA) is 12.5 Å². The summed E-state index contributed by atoms with van der Waals surface area (Å²) >= 11 is 3.48. The molecular formula is C16H24BrNO. The van der Waals surface area contributed by atoms with Crippen molar-refractivity contribution < 1.29 is 4.74 Å². The van der Waals surface area contributed by atoms with Gasteiger partial charge in [-0.1, -0.05) is 40.0 Å². The average molecular weight is 326 g/mol. The third-order valence-corrected chi connectivity index (χ3v) is 4.21. The van der Waals surface area contributed by atoms with Gasteiger partial charge in [-0.05, 0) is 45.0 Å². The Morgan fingerprint density at radius 2 is 2.16 bits per heavy atom. The van der Waals surface area contributed by atoms with Crippen molar-refractivity contribution in [1.82, 2.24) is 4.90 Å². The van der Waals surface area contributed by atoms with E-state index in [1.165, 1.54) is 36.9 Å².